The summed E-state index contributed by atoms with van der Waals surface area (Å²) in [7, 11) is -3.87. The largest absolute Gasteiger partial charge is 0.296 e. The van der Waals surface area contributed by atoms with Crippen LogP contribution in [0.1, 0.15) is 10.5 Å². The molecule has 0 radical (unpaired) electrons. The Balaban J connectivity index is 2.02. The zero-order valence-electron chi connectivity index (χ0n) is 12.6. The van der Waals surface area contributed by atoms with Crippen molar-refractivity contribution in [3.63, 3.8) is 0 Å². The third-order valence-electron chi connectivity index (χ3n) is 4.07. The summed E-state index contributed by atoms with van der Waals surface area (Å²) in [4.78, 5) is 11.6. The van der Waals surface area contributed by atoms with E-state index in [9.17, 15) is 13.2 Å². The highest BCUT2D eigenvalue weighted by molar-refractivity contribution is 7.90. The first-order chi connectivity index (χ1) is 11.6. The van der Waals surface area contributed by atoms with Gasteiger partial charge in [0, 0.05) is 5.39 Å². The molecule has 4 aromatic rings. The van der Waals surface area contributed by atoms with Crippen LogP contribution in [0.5, 0.6) is 0 Å². The Morgan fingerprint density at radius 2 is 1.42 bits per heavy atom. The number of hydrogen-bond donors (Lipinski definition) is 0. The van der Waals surface area contributed by atoms with Gasteiger partial charge in [0.1, 0.15) is 0 Å². The van der Waals surface area contributed by atoms with Crippen LogP contribution >= 0.6 is 0 Å². The number of rotatable bonds is 3. The van der Waals surface area contributed by atoms with Crippen LogP contribution in [0.4, 0.5) is 0 Å². The summed E-state index contributed by atoms with van der Waals surface area (Å²) in [6, 6.07) is 21.2. The molecule has 0 saturated carbocycles. The Morgan fingerprint density at radius 1 is 0.750 bits per heavy atom. The quantitative estimate of drug-likeness (QED) is 0.535. The highest BCUT2D eigenvalue weighted by Gasteiger charge is 2.23. The van der Waals surface area contributed by atoms with Gasteiger partial charge in [0.05, 0.1) is 16.1 Å². The smallest absolute Gasteiger partial charge is 0.268 e. The maximum absolute atomic E-state index is 13.1. The van der Waals surface area contributed by atoms with E-state index in [1.165, 1.54) is 0 Å². The molecular weight excluding hydrogens is 322 g/mol. The van der Waals surface area contributed by atoms with Crippen molar-refractivity contribution in [2.75, 3.05) is 0 Å². The predicted molar refractivity (Wildman–Crippen MR) is 93.9 cm³/mol. The van der Waals surface area contributed by atoms with E-state index in [4.69, 9.17) is 0 Å². The summed E-state index contributed by atoms with van der Waals surface area (Å²) in [5, 5.41) is 2.51. The predicted octanol–water partition coefficient (Wildman–Crippen LogP) is 3.84. The number of para-hydroxylation sites is 1. The average molecular weight is 335 g/mol. The van der Waals surface area contributed by atoms with Crippen LogP contribution in [0.15, 0.2) is 77.7 Å². The lowest BCUT2D eigenvalue weighted by Crippen LogP contribution is -2.15. The lowest BCUT2D eigenvalue weighted by molar-refractivity contribution is 0.111. The molecule has 0 amide bonds. The molecule has 5 heteroatoms. The number of carbonyl (C=O) groups is 1. The van der Waals surface area contributed by atoms with Gasteiger partial charge in [0.15, 0.2) is 6.29 Å². The third kappa shape index (κ3) is 2.13. The molecule has 0 fully saturated rings. The lowest BCUT2D eigenvalue weighted by Gasteiger charge is -2.10. The summed E-state index contributed by atoms with van der Waals surface area (Å²) < 4.78 is 27.4. The SMILES string of the molecule is O=Cc1cc2ccccc2n1S(=O)(=O)c1ccc2ccccc2c1. The van der Waals surface area contributed by atoms with Gasteiger partial charge in [-0.15, -0.1) is 0 Å². The Morgan fingerprint density at radius 3 is 2.17 bits per heavy atom. The molecule has 0 N–H and O–H groups in total. The molecule has 0 saturated heterocycles. The molecule has 24 heavy (non-hydrogen) atoms. The number of nitrogens with zero attached hydrogens (tertiary/aromatic N) is 1. The molecule has 0 spiro atoms. The van der Waals surface area contributed by atoms with E-state index in [1.807, 2.05) is 30.3 Å². The van der Waals surface area contributed by atoms with Gasteiger partial charge in [0.2, 0.25) is 0 Å². The minimum atomic E-state index is -3.87. The molecule has 118 valence electrons. The Bertz CT molecular complexity index is 1190. The second kappa shape index (κ2) is 5.32. The van der Waals surface area contributed by atoms with Crippen molar-refractivity contribution in [3.05, 3.63) is 78.5 Å². The van der Waals surface area contributed by atoms with Crippen molar-refractivity contribution in [3.8, 4) is 0 Å². The molecule has 4 rings (SSSR count). The minimum Gasteiger partial charge on any atom is -0.296 e. The third-order valence-corrected chi connectivity index (χ3v) is 5.81. The fourth-order valence-corrected chi connectivity index (χ4v) is 4.46. The van der Waals surface area contributed by atoms with Gasteiger partial charge in [-0.05, 0) is 35.0 Å². The molecule has 0 aliphatic carbocycles. The topological polar surface area (TPSA) is 56.1 Å². The van der Waals surface area contributed by atoms with Gasteiger partial charge < -0.3 is 0 Å². The number of aldehydes is 1. The van der Waals surface area contributed by atoms with Gasteiger partial charge in [-0.3, -0.25) is 4.79 Å². The Labute approximate surface area is 139 Å². The van der Waals surface area contributed by atoms with E-state index in [1.54, 1.807) is 42.5 Å². The number of fused-ring (bicyclic) bond motifs is 2. The van der Waals surface area contributed by atoms with Gasteiger partial charge in [-0.2, -0.15) is 0 Å². The van der Waals surface area contributed by atoms with Crippen molar-refractivity contribution in [1.29, 1.82) is 0 Å². The Hall–Kier alpha value is -2.92. The Kier molecular flexibility index (Phi) is 3.25. The molecule has 3 aromatic carbocycles. The van der Waals surface area contributed by atoms with Crippen LogP contribution in [0.2, 0.25) is 0 Å². The highest BCUT2D eigenvalue weighted by atomic mass is 32.2. The van der Waals surface area contributed by atoms with E-state index >= 15 is 0 Å². The second-order valence-corrected chi connectivity index (χ2v) is 7.31. The lowest BCUT2D eigenvalue weighted by atomic mass is 10.1. The van der Waals surface area contributed by atoms with Crippen molar-refractivity contribution in [2.45, 2.75) is 4.90 Å². The first-order valence-corrected chi connectivity index (χ1v) is 8.85. The summed E-state index contributed by atoms with van der Waals surface area (Å²) in [6.07, 6.45) is 0.568. The summed E-state index contributed by atoms with van der Waals surface area (Å²) in [6.45, 7) is 0. The molecular formula is C19H13NO3S. The summed E-state index contributed by atoms with van der Waals surface area (Å²) in [5.41, 5.74) is 0.608. The van der Waals surface area contributed by atoms with Crippen molar-refractivity contribution >= 4 is 38.0 Å². The van der Waals surface area contributed by atoms with Gasteiger partial charge in [0.25, 0.3) is 10.0 Å². The maximum Gasteiger partial charge on any atom is 0.268 e. The van der Waals surface area contributed by atoms with E-state index in [2.05, 4.69) is 0 Å². The second-order valence-electron chi connectivity index (χ2n) is 5.52. The zero-order valence-corrected chi connectivity index (χ0v) is 13.4. The molecule has 0 aliphatic rings. The van der Waals surface area contributed by atoms with Gasteiger partial charge in [-0.1, -0.05) is 48.5 Å². The standard InChI is InChI=1S/C19H13NO3S/c21-13-17-11-16-7-3-4-8-19(16)20(17)24(22,23)18-10-9-14-5-1-2-6-15(14)12-18/h1-13H. The number of carbonyl (C=O) groups excluding carboxylic acids is 1. The van der Waals surface area contributed by atoms with E-state index < -0.39 is 10.0 Å². The van der Waals surface area contributed by atoms with Crippen molar-refractivity contribution < 1.29 is 13.2 Å². The average Bonchev–Trinajstić information content (AvgIpc) is 3.00. The van der Waals surface area contributed by atoms with Crippen LogP contribution < -0.4 is 0 Å². The highest BCUT2D eigenvalue weighted by Crippen LogP contribution is 2.26. The van der Waals surface area contributed by atoms with Crippen LogP contribution in [0, 0.1) is 0 Å². The number of benzene rings is 3. The van der Waals surface area contributed by atoms with Crippen LogP contribution in [-0.2, 0) is 10.0 Å². The monoisotopic (exact) mass is 335 g/mol. The number of hydrogen-bond acceptors (Lipinski definition) is 3. The molecule has 1 aromatic heterocycles. The molecule has 0 unspecified atom stereocenters. The van der Waals surface area contributed by atoms with Crippen molar-refractivity contribution in [1.82, 2.24) is 3.97 Å². The van der Waals surface area contributed by atoms with E-state index in [0.29, 0.717) is 17.2 Å². The molecule has 1 heterocycles. The number of aromatic nitrogens is 1. The van der Waals surface area contributed by atoms with Crippen LogP contribution in [0.3, 0.4) is 0 Å². The van der Waals surface area contributed by atoms with Crippen LogP contribution in [0.25, 0.3) is 21.7 Å². The summed E-state index contributed by atoms with van der Waals surface area (Å²) in [5.74, 6) is 0. The molecule has 0 aliphatic heterocycles. The first-order valence-electron chi connectivity index (χ1n) is 7.41. The zero-order chi connectivity index (χ0) is 16.7. The van der Waals surface area contributed by atoms with Crippen LogP contribution in [-0.4, -0.2) is 18.7 Å². The first kappa shape index (κ1) is 14.7. The van der Waals surface area contributed by atoms with E-state index in [-0.39, 0.29) is 10.6 Å². The summed E-state index contributed by atoms with van der Waals surface area (Å²) >= 11 is 0. The maximum atomic E-state index is 13.1. The normalized spacial score (nSPS) is 11.8. The molecule has 0 atom stereocenters. The fourth-order valence-electron chi connectivity index (χ4n) is 2.93. The molecule has 0 bridgehead atoms. The van der Waals surface area contributed by atoms with E-state index in [0.717, 1.165) is 14.7 Å². The van der Waals surface area contributed by atoms with Crippen molar-refractivity contribution in [2.24, 2.45) is 0 Å². The fraction of sp³-hybridized carbons (Fsp3) is 0. The van der Waals surface area contributed by atoms with Gasteiger partial charge >= 0.3 is 0 Å². The molecule has 4 nitrogen and oxygen atoms in total. The minimum absolute atomic E-state index is 0.115. The van der Waals surface area contributed by atoms with Gasteiger partial charge in [-0.25, -0.2) is 12.4 Å².